The molecule has 0 saturated carbocycles. The van der Waals surface area contributed by atoms with Crippen LogP contribution in [0.5, 0.6) is 0 Å². The van der Waals surface area contributed by atoms with Crippen molar-refractivity contribution in [3.8, 4) is 0 Å². The molecule has 0 spiro atoms. The van der Waals surface area contributed by atoms with E-state index in [1.54, 1.807) is 0 Å². The normalized spacial score (nSPS) is 18.1. The number of nitrogens with zero attached hydrogens (tertiary/aromatic N) is 1. The van der Waals surface area contributed by atoms with Crippen LogP contribution in [-0.2, 0) is 4.79 Å². The summed E-state index contributed by atoms with van der Waals surface area (Å²) in [5.41, 5.74) is 0. The molecule has 14 heavy (non-hydrogen) atoms. The minimum atomic E-state index is 0.158. The van der Waals surface area contributed by atoms with Gasteiger partial charge in [-0.05, 0) is 13.0 Å². The highest BCUT2D eigenvalue weighted by Gasteiger charge is 2.08. The monoisotopic (exact) mass is 199 g/mol. The first-order chi connectivity index (χ1) is 6.83. The number of piperazine rings is 1. The number of hydrogen-bond acceptors (Lipinski definition) is 3. The zero-order valence-electron chi connectivity index (χ0n) is 9.01. The quantitative estimate of drug-likeness (QED) is 0.603. The third-order valence-electron chi connectivity index (χ3n) is 2.50. The molecule has 0 aromatic carbocycles. The van der Waals surface area contributed by atoms with E-state index in [4.69, 9.17) is 0 Å². The molecule has 1 fully saturated rings. The Bertz CT molecular complexity index is 167. The largest absolute Gasteiger partial charge is 0.356 e. The molecule has 1 aliphatic heterocycles. The Balaban J connectivity index is 1.94. The van der Waals surface area contributed by atoms with Gasteiger partial charge in [0.2, 0.25) is 5.91 Å². The van der Waals surface area contributed by atoms with Gasteiger partial charge in [-0.2, -0.15) is 0 Å². The fraction of sp³-hybridized carbons (Fsp3) is 0.900. The molecule has 1 saturated heterocycles. The SMILES string of the molecule is CCC(=O)NCCCN1CCNCC1. The van der Waals surface area contributed by atoms with Crippen molar-refractivity contribution < 1.29 is 4.79 Å². The molecular weight excluding hydrogens is 178 g/mol. The molecule has 0 bridgehead atoms. The van der Waals surface area contributed by atoms with Crippen molar-refractivity contribution in [3.63, 3.8) is 0 Å². The first-order valence-corrected chi connectivity index (χ1v) is 5.52. The van der Waals surface area contributed by atoms with Gasteiger partial charge in [0.15, 0.2) is 0 Å². The van der Waals surface area contributed by atoms with E-state index in [1.807, 2.05) is 6.92 Å². The van der Waals surface area contributed by atoms with Crippen LogP contribution in [0.1, 0.15) is 19.8 Å². The highest BCUT2D eigenvalue weighted by molar-refractivity contribution is 5.75. The number of nitrogens with one attached hydrogen (secondary N) is 2. The van der Waals surface area contributed by atoms with E-state index < -0.39 is 0 Å². The lowest BCUT2D eigenvalue weighted by Crippen LogP contribution is -2.44. The lowest BCUT2D eigenvalue weighted by molar-refractivity contribution is -0.120. The van der Waals surface area contributed by atoms with E-state index in [9.17, 15) is 4.79 Å². The van der Waals surface area contributed by atoms with E-state index in [1.165, 1.54) is 0 Å². The molecule has 0 radical (unpaired) electrons. The van der Waals surface area contributed by atoms with Crippen molar-refractivity contribution in [1.29, 1.82) is 0 Å². The number of rotatable bonds is 5. The third-order valence-corrected chi connectivity index (χ3v) is 2.50. The maximum Gasteiger partial charge on any atom is 0.219 e. The maximum absolute atomic E-state index is 10.9. The molecule has 4 nitrogen and oxygen atoms in total. The van der Waals surface area contributed by atoms with Crippen molar-refractivity contribution in [2.45, 2.75) is 19.8 Å². The molecular formula is C10H21N3O. The van der Waals surface area contributed by atoms with Gasteiger partial charge in [0, 0.05) is 39.1 Å². The highest BCUT2D eigenvalue weighted by atomic mass is 16.1. The Morgan fingerprint density at radius 1 is 1.43 bits per heavy atom. The average Bonchev–Trinajstić information content (AvgIpc) is 2.25. The van der Waals surface area contributed by atoms with Crippen LogP contribution in [0.3, 0.4) is 0 Å². The molecule has 4 heteroatoms. The van der Waals surface area contributed by atoms with Crippen molar-refractivity contribution >= 4 is 5.91 Å². The molecule has 1 rings (SSSR count). The second kappa shape index (κ2) is 6.79. The molecule has 0 aromatic rings. The first kappa shape index (κ1) is 11.5. The Morgan fingerprint density at radius 2 is 2.14 bits per heavy atom. The summed E-state index contributed by atoms with van der Waals surface area (Å²) in [7, 11) is 0. The van der Waals surface area contributed by atoms with E-state index in [2.05, 4.69) is 15.5 Å². The second-order valence-electron chi connectivity index (χ2n) is 3.65. The summed E-state index contributed by atoms with van der Waals surface area (Å²) >= 11 is 0. The average molecular weight is 199 g/mol. The lowest BCUT2D eigenvalue weighted by Gasteiger charge is -2.27. The Labute approximate surface area is 86.0 Å². The molecule has 1 heterocycles. The highest BCUT2D eigenvalue weighted by Crippen LogP contribution is 1.93. The van der Waals surface area contributed by atoms with Crippen LogP contribution in [0.25, 0.3) is 0 Å². The van der Waals surface area contributed by atoms with Gasteiger partial charge in [-0.25, -0.2) is 0 Å². The smallest absolute Gasteiger partial charge is 0.219 e. The molecule has 1 aliphatic rings. The molecule has 0 aromatic heterocycles. The summed E-state index contributed by atoms with van der Waals surface area (Å²) in [5.74, 6) is 0.158. The Hall–Kier alpha value is -0.610. The minimum absolute atomic E-state index is 0.158. The van der Waals surface area contributed by atoms with Gasteiger partial charge >= 0.3 is 0 Å². The van der Waals surface area contributed by atoms with Gasteiger partial charge in [-0.15, -0.1) is 0 Å². The summed E-state index contributed by atoms with van der Waals surface area (Å²) in [6, 6.07) is 0. The van der Waals surface area contributed by atoms with Crippen LogP contribution in [-0.4, -0.2) is 50.1 Å². The van der Waals surface area contributed by atoms with Gasteiger partial charge in [0.05, 0.1) is 0 Å². The first-order valence-electron chi connectivity index (χ1n) is 5.52. The summed E-state index contributed by atoms with van der Waals surface area (Å²) < 4.78 is 0. The van der Waals surface area contributed by atoms with Crippen LogP contribution in [0.2, 0.25) is 0 Å². The summed E-state index contributed by atoms with van der Waals surface area (Å²) in [4.78, 5) is 13.4. The molecule has 1 amide bonds. The predicted molar refractivity (Wildman–Crippen MR) is 57.2 cm³/mol. The topological polar surface area (TPSA) is 44.4 Å². The van der Waals surface area contributed by atoms with Crippen LogP contribution in [0, 0.1) is 0 Å². The zero-order chi connectivity index (χ0) is 10.2. The van der Waals surface area contributed by atoms with Gasteiger partial charge in [0.25, 0.3) is 0 Å². The third kappa shape index (κ3) is 4.58. The Morgan fingerprint density at radius 3 is 2.79 bits per heavy atom. The predicted octanol–water partition coefficient (Wildman–Crippen LogP) is -0.192. The summed E-state index contributed by atoms with van der Waals surface area (Å²) in [6.45, 7) is 8.28. The van der Waals surface area contributed by atoms with E-state index in [0.717, 1.165) is 45.7 Å². The van der Waals surface area contributed by atoms with Gasteiger partial charge in [-0.1, -0.05) is 6.92 Å². The minimum Gasteiger partial charge on any atom is -0.356 e. The standard InChI is InChI=1S/C10H21N3O/c1-2-10(14)12-4-3-7-13-8-5-11-6-9-13/h11H,2-9H2,1H3,(H,12,14). The van der Waals surface area contributed by atoms with E-state index in [0.29, 0.717) is 6.42 Å². The van der Waals surface area contributed by atoms with E-state index >= 15 is 0 Å². The molecule has 2 N–H and O–H groups in total. The van der Waals surface area contributed by atoms with Crippen LogP contribution < -0.4 is 10.6 Å². The number of hydrogen-bond donors (Lipinski definition) is 2. The van der Waals surface area contributed by atoms with Crippen LogP contribution in [0.4, 0.5) is 0 Å². The fourth-order valence-electron chi connectivity index (χ4n) is 1.59. The van der Waals surface area contributed by atoms with Crippen LogP contribution >= 0.6 is 0 Å². The number of carbonyl (C=O) groups is 1. The van der Waals surface area contributed by atoms with Crippen molar-refractivity contribution in [2.24, 2.45) is 0 Å². The van der Waals surface area contributed by atoms with Crippen LogP contribution in [0.15, 0.2) is 0 Å². The maximum atomic E-state index is 10.9. The molecule has 0 unspecified atom stereocenters. The van der Waals surface area contributed by atoms with Gasteiger partial charge < -0.3 is 15.5 Å². The lowest BCUT2D eigenvalue weighted by atomic mass is 10.3. The second-order valence-corrected chi connectivity index (χ2v) is 3.65. The molecule has 82 valence electrons. The zero-order valence-corrected chi connectivity index (χ0v) is 9.01. The molecule has 0 aliphatic carbocycles. The molecule has 0 atom stereocenters. The van der Waals surface area contributed by atoms with Gasteiger partial charge in [0.1, 0.15) is 0 Å². The van der Waals surface area contributed by atoms with Crippen molar-refractivity contribution in [3.05, 3.63) is 0 Å². The summed E-state index contributed by atoms with van der Waals surface area (Å²) in [6.07, 6.45) is 1.65. The van der Waals surface area contributed by atoms with E-state index in [-0.39, 0.29) is 5.91 Å². The number of carbonyl (C=O) groups excluding carboxylic acids is 1. The fourth-order valence-corrected chi connectivity index (χ4v) is 1.59. The van der Waals surface area contributed by atoms with Crippen molar-refractivity contribution in [1.82, 2.24) is 15.5 Å². The van der Waals surface area contributed by atoms with Crippen molar-refractivity contribution in [2.75, 3.05) is 39.3 Å². The number of amides is 1. The summed E-state index contributed by atoms with van der Waals surface area (Å²) in [5, 5.41) is 6.21. The van der Waals surface area contributed by atoms with Gasteiger partial charge in [-0.3, -0.25) is 4.79 Å². The Kier molecular flexibility index (Phi) is 5.56.